The maximum Gasteiger partial charge on any atom is 0.265 e. The summed E-state index contributed by atoms with van der Waals surface area (Å²) < 4.78 is 0. The number of rotatable bonds is 3. The van der Waals surface area contributed by atoms with Crippen molar-refractivity contribution in [2.75, 3.05) is 6.54 Å². The van der Waals surface area contributed by atoms with Gasteiger partial charge in [0.15, 0.2) is 5.11 Å². The lowest BCUT2D eigenvalue weighted by molar-refractivity contribution is -0.128. The lowest BCUT2D eigenvalue weighted by Gasteiger charge is -2.28. The van der Waals surface area contributed by atoms with Gasteiger partial charge in [-0.2, -0.15) is 0 Å². The molecule has 27 heavy (non-hydrogen) atoms. The van der Waals surface area contributed by atoms with Crippen molar-refractivity contribution in [3.05, 3.63) is 53.1 Å². The molecule has 0 aromatic heterocycles. The van der Waals surface area contributed by atoms with Crippen LogP contribution < -0.4 is 5.32 Å². The standard InChI is InChI=1S/C22H28N2O2S/c1-8-9-24-19(26)17(18(25)23-20(24)27)12-14-10-15(21(2,3)4)13-16(11-14)22(5,6)7/h8,10-13H,1,9H2,2-7H3,(H,23,25,27)/b17-12+. The average molecular weight is 385 g/mol. The van der Waals surface area contributed by atoms with E-state index in [4.69, 9.17) is 12.2 Å². The van der Waals surface area contributed by atoms with E-state index in [2.05, 4.69) is 59.5 Å². The smallest absolute Gasteiger partial charge is 0.265 e. The van der Waals surface area contributed by atoms with Crippen molar-refractivity contribution in [2.24, 2.45) is 0 Å². The minimum Gasteiger partial charge on any atom is -0.298 e. The minimum absolute atomic E-state index is 0.0518. The van der Waals surface area contributed by atoms with Crippen LogP contribution in [0.3, 0.4) is 0 Å². The van der Waals surface area contributed by atoms with Gasteiger partial charge in [0, 0.05) is 6.54 Å². The summed E-state index contributed by atoms with van der Waals surface area (Å²) in [7, 11) is 0. The van der Waals surface area contributed by atoms with E-state index in [0.29, 0.717) is 0 Å². The van der Waals surface area contributed by atoms with E-state index in [1.165, 1.54) is 4.90 Å². The Kier molecular flexibility index (Phi) is 5.76. The molecule has 0 atom stereocenters. The van der Waals surface area contributed by atoms with Crippen molar-refractivity contribution in [3.63, 3.8) is 0 Å². The van der Waals surface area contributed by atoms with Crippen LogP contribution in [-0.2, 0) is 20.4 Å². The van der Waals surface area contributed by atoms with Crippen LogP contribution in [0.15, 0.2) is 36.4 Å². The highest BCUT2D eigenvalue weighted by molar-refractivity contribution is 7.80. The van der Waals surface area contributed by atoms with Gasteiger partial charge in [-0.3, -0.25) is 19.8 Å². The Morgan fingerprint density at radius 2 is 1.56 bits per heavy atom. The van der Waals surface area contributed by atoms with Gasteiger partial charge in [0.1, 0.15) is 5.57 Å². The molecule has 1 aromatic carbocycles. The van der Waals surface area contributed by atoms with Gasteiger partial charge in [-0.1, -0.05) is 65.8 Å². The van der Waals surface area contributed by atoms with E-state index < -0.39 is 11.8 Å². The van der Waals surface area contributed by atoms with Crippen molar-refractivity contribution in [3.8, 4) is 0 Å². The largest absolute Gasteiger partial charge is 0.298 e. The summed E-state index contributed by atoms with van der Waals surface area (Å²) in [5.74, 6) is -0.870. The zero-order valence-electron chi connectivity index (χ0n) is 17.0. The maximum atomic E-state index is 12.8. The van der Waals surface area contributed by atoms with Gasteiger partial charge in [0.2, 0.25) is 0 Å². The molecule has 0 unspecified atom stereocenters. The molecule has 1 N–H and O–H groups in total. The Balaban J connectivity index is 2.59. The molecule has 1 aromatic rings. The third-order valence-corrected chi connectivity index (χ3v) is 4.82. The van der Waals surface area contributed by atoms with Gasteiger partial charge >= 0.3 is 0 Å². The van der Waals surface area contributed by atoms with Crippen molar-refractivity contribution in [1.29, 1.82) is 0 Å². The Morgan fingerprint density at radius 3 is 2.00 bits per heavy atom. The average Bonchev–Trinajstić information content (AvgIpc) is 2.53. The summed E-state index contributed by atoms with van der Waals surface area (Å²) in [5.41, 5.74) is 3.12. The second kappa shape index (κ2) is 7.39. The third-order valence-electron chi connectivity index (χ3n) is 4.50. The molecule has 2 rings (SSSR count). The molecule has 1 saturated heterocycles. The number of carbonyl (C=O) groups is 2. The number of nitrogens with zero attached hydrogens (tertiary/aromatic N) is 1. The van der Waals surface area contributed by atoms with Gasteiger partial charge in [-0.05, 0) is 45.8 Å². The number of nitrogens with one attached hydrogen (secondary N) is 1. The van der Waals surface area contributed by atoms with Gasteiger partial charge in [-0.25, -0.2) is 0 Å². The quantitative estimate of drug-likeness (QED) is 0.369. The van der Waals surface area contributed by atoms with Crippen LogP contribution in [0.4, 0.5) is 0 Å². The van der Waals surface area contributed by atoms with Crippen LogP contribution in [0.2, 0.25) is 0 Å². The molecule has 1 heterocycles. The Hall–Kier alpha value is -2.27. The van der Waals surface area contributed by atoms with Gasteiger partial charge in [-0.15, -0.1) is 6.58 Å². The summed E-state index contributed by atoms with van der Waals surface area (Å²) in [4.78, 5) is 26.5. The van der Waals surface area contributed by atoms with E-state index in [1.807, 2.05) is 12.1 Å². The van der Waals surface area contributed by atoms with E-state index in [1.54, 1.807) is 12.2 Å². The summed E-state index contributed by atoms with van der Waals surface area (Å²) in [6.07, 6.45) is 3.23. The third kappa shape index (κ3) is 4.72. The van der Waals surface area contributed by atoms with Crippen molar-refractivity contribution in [1.82, 2.24) is 10.2 Å². The monoisotopic (exact) mass is 384 g/mol. The molecule has 1 aliphatic heterocycles. The highest BCUT2D eigenvalue weighted by Crippen LogP contribution is 2.31. The van der Waals surface area contributed by atoms with Crippen LogP contribution in [0, 0.1) is 0 Å². The lowest BCUT2D eigenvalue weighted by Crippen LogP contribution is -2.53. The lowest BCUT2D eigenvalue weighted by atomic mass is 9.79. The second-order valence-corrected chi connectivity index (χ2v) is 9.25. The van der Waals surface area contributed by atoms with Crippen molar-refractivity contribution >= 4 is 35.2 Å². The highest BCUT2D eigenvalue weighted by Gasteiger charge is 2.32. The van der Waals surface area contributed by atoms with Gasteiger partial charge in [0.25, 0.3) is 11.8 Å². The van der Waals surface area contributed by atoms with Crippen LogP contribution in [-0.4, -0.2) is 28.4 Å². The topological polar surface area (TPSA) is 49.4 Å². The van der Waals surface area contributed by atoms with E-state index >= 15 is 0 Å². The Morgan fingerprint density at radius 1 is 1.04 bits per heavy atom. The Bertz CT molecular complexity index is 807. The first kappa shape index (κ1) is 21.0. The summed E-state index contributed by atoms with van der Waals surface area (Å²) in [6.45, 7) is 16.8. The zero-order valence-corrected chi connectivity index (χ0v) is 17.8. The van der Waals surface area contributed by atoms with Gasteiger partial charge in [0.05, 0.1) is 0 Å². The number of amides is 2. The normalized spacial score (nSPS) is 17.3. The second-order valence-electron chi connectivity index (χ2n) is 8.87. The molecule has 0 saturated carbocycles. The molecule has 0 radical (unpaired) electrons. The zero-order chi connectivity index (χ0) is 20.6. The fraction of sp³-hybridized carbons (Fsp3) is 0.409. The first-order chi connectivity index (χ1) is 12.3. The molecule has 2 amide bonds. The van der Waals surface area contributed by atoms with E-state index in [-0.39, 0.29) is 28.1 Å². The number of hydrogen-bond donors (Lipinski definition) is 1. The SMILES string of the molecule is C=CCN1C(=O)/C(=C/c2cc(C(C)(C)C)cc(C(C)(C)C)c2)C(=O)NC1=S. The molecule has 0 bridgehead atoms. The Labute approximate surface area is 167 Å². The van der Waals surface area contributed by atoms with Crippen LogP contribution >= 0.6 is 12.2 Å². The molecular weight excluding hydrogens is 356 g/mol. The first-order valence-electron chi connectivity index (χ1n) is 9.00. The molecule has 1 fully saturated rings. The molecule has 0 aliphatic carbocycles. The number of thiocarbonyl (C=S) groups is 1. The molecule has 1 aliphatic rings. The summed E-state index contributed by atoms with van der Waals surface area (Å²) in [5, 5.41) is 2.70. The molecule has 4 nitrogen and oxygen atoms in total. The molecular formula is C22H28N2O2S. The number of carbonyl (C=O) groups excluding carboxylic acids is 2. The minimum atomic E-state index is -0.469. The maximum absolute atomic E-state index is 12.8. The highest BCUT2D eigenvalue weighted by atomic mass is 32.1. The van der Waals surface area contributed by atoms with Crippen LogP contribution in [0.1, 0.15) is 58.2 Å². The predicted molar refractivity (Wildman–Crippen MR) is 114 cm³/mol. The van der Waals surface area contributed by atoms with Gasteiger partial charge < -0.3 is 0 Å². The van der Waals surface area contributed by atoms with Crippen molar-refractivity contribution < 1.29 is 9.59 Å². The van der Waals surface area contributed by atoms with Crippen molar-refractivity contribution in [2.45, 2.75) is 52.4 Å². The summed E-state index contributed by atoms with van der Waals surface area (Å²) in [6, 6.07) is 6.27. The fourth-order valence-corrected chi connectivity index (χ4v) is 3.01. The van der Waals surface area contributed by atoms with E-state index in [9.17, 15) is 9.59 Å². The first-order valence-corrected chi connectivity index (χ1v) is 9.41. The molecule has 144 valence electrons. The van der Waals surface area contributed by atoms with E-state index in [0.717, 1.165) is 16.7 Å². The predicted octanol–water partition coefficient (Wildman–Crippen LogP) is 4.09. The fourth-order valence-electron chi connectivity index (χ4n) is 2.76. The van der Waals surface area contributed by atoms with Crippen LogP contribution in [0.25, 0.3) is 6.08 Å². The number of benzene rings is 1. The van der Waals surface area contributed by atoms with Crippen LogP contribution in [0.5, 0.6) is 0 Å². The molecule has 5 heteroatoms. The number of hydrogen-bond acceptors (Lipinski definition) is 3. The molecule has 0 spiro atoms. The summed E-state index contributed by atoms with van der Waals surface area (Å²) >= 11 is 5.10.